The third kappa shape index (κ3) is 8.75. The Morgan fingerprint density at radius 2 is 1.46 bits per heavy atom. The normalized spacial score (nSPS) is 11.8. The maximum Gasteiger partial charge on any atom is 0.264 e. The molecule has 4 aromatic rings. The van der Waals surface area contributed by atoms with E-state index in [0.29, 0.717) is 12.3 Å². The average Bonchev–Trinajstić information content (AvgIpc) is 3.06. The molecular weight excluding hydrogens is 598 g/mol. The van der Waals surface area contributed by atoms with Gasteiger partial charge in [-0.2, -0.15) is 0 Å². The topological polar surface area (TPSA) is 96.0 Å². The van der Waals surface area contributed by atoms with Crippen molar-refractivity contribution >= 4 is 27.5 Å². The smallest absolute Gasteiger partial charge is 0.264 e. The average molecular weight is 642 g/mol. The fourth-order valence-corrected chi connectivity index (χ4v) is 6.62. The van der Waals surface area contributed by atoms with Crippen molar-refractivity contribution < 1.29 is 22.7 Å². The second-order valence-electron chi connectivity index (χ2n) is 11.4. The van der Waals surface area contributed by atoms with E-state index in [2.05, 4.69) is 5.32 Å². The van der Waals surface area contributed by atoms with Gasteiger partial charge in [-0.15, -0.1) is 0 Å². The van der Waals surface area contributed by atoms with Crippen LogP contribution in [0.5, 0.6) is 5.75 Å². The number of unbranched alkanes of at least 4 members (excludes halogenated alkanes) is 1. The Hall–Kier alpha value is -4.63. The van der Waals surface area contributed by atoms with Gasteiger partial charge >= 0.3 is 0 Å². The molecule has 2 amide bonds. The van der Waals surface area contributed by atoms with Crippen molar-refractivity contribution in [2.45, 2.75) is 57.5 Å². The van der Waals surface area contributed by atoms with Crippen LogP contribution in [0.4, 0.5) is 5.69 Å². The molecule has 0 aliphatic carbocycles. The number of ether oxygens (including phenoxy) is 1. The third-order valence-electron chi connectivity index (χ3n) is 7.79. The van der Waals surface area contributed by atoms with Crippen molar-refractivity contribution in [1.82, 2.24) is 10.2 Å². The molecule has 0 radical (unpaired) electrons. The van der Waals surface area contributed by atoms with Crippen molar-refractivity contribution in [3.63, 3.8) is 0 Å². The minimum atomic E-state index is -4.23. The van der Waals surface area contributed by atoms with Crippen molar-refractivity contribution in [2.24, 2.45) is 0 Å². The van der Waals surface area contributed by atoms with E-state index in [1.165, 1.54) is 24.1 Å². The standard InChI is InChI=1S/C37H43N3O5S/c1-5-6-23-38-37(42)34(25-30-13-9-7-10-14-30)39(26-31-20-17-28(2)18-21-31)36(41)27-40(33-24-29(3)19-22-35(33)45-4)46(43,44)32-15-11-8-12-16-32/h7-22,24,34H,5-6,23,25-27H2,1-4H3,(H,38,42). The SMILES string of the molecule is CCCCNC(=O)C(Cc1ccccc1)N(Cc1ccc(C)cc1)C(=O)CN(c1cc(C)ccc1OC)S(=O)(=O)c1ccccc1. The molecule has 242 valence electrons. The molecule has 1 N–H and O–H groups in total. The predicted octanol–water partition coefficient (Wildman–Crippen LogP) is 6.06. The number of nitrogens with zero attached hydrogens (tertiary/aromatic N) is 2. The number of anilines is 1. The van der Waals surface area contributed by atoms with Crippen molar-refractivity contribution in [3.05, 3.63) is 125 Å². The van der Waals surface area contributed by atoms with Gasteiger partial charge < -0.3 is 15.0 Å². The molecule has 1 atom stereocenters. The lowest BCUT2D eigenvalue weighted by molar-refractivity contribution is -0.140. The predicted molar refractivity (Wildman–Crippen MR) is 182 cm³/mol. The lowest BCUT2D eigenvalue weighted by Crippen LogP contribution is -2.53. The summed E-state index contributed by atoms with van der Waals surface area (Å²) < 4.78 is 35.2. The first-order valence-corrected chi connectivity index (χ1v) is 17.0. The number of methoxy groups -OCH3 is 1. The number of aryl methyl sites for hydroxylation is 2. The maximum absolute atomic E-state index is 14.6. The Labute approximate surface area is 273 Å². The van der Waals surface area contributed by atoms with Crippen LogP contribution < -0.4 is 14.4 Å². The Kier molecular flexibility index (Phi) is 12.0. The minimum Gasteiger partial charge on any atom is -0.495 e. The van der Waals surface area contributed by atoms with Gasteiger partial charge in [-0.25, -0.2) is 8.42 Å². The first-order chi connectivity index (χ1) is 22.1. The molecule has 0 fully saturated rings. The van der Waals surface area contributed by atoms with E-state index < -0.39 is 28.5 Å². The van der Waals surface area contributed by atoms with Crippen LogP contribution >= 0.6 is 0 Å². The Balaban J connectivity index is 1.82. The first-order valence-electron chi connectivity index (χ1n) is 15.5. The summed E-state index contributed by atoms with van der Waals surface area (Å²) in [4.78, 5) is 30.0. The fraction of sp³-hybridized carbons (Fsp3) is 0.297. The van der Waals surface area contributed by atoms with Gasteiger partial charge in [0, 0.05) is 19.5 Å². The molecule has 0 saturated heterocycles. The van der Waals surface area contributed by atoms with E-state index in [1.807, 2.05) is 81.4 Å². The van der Waals surface area contributed by atoms with E-state index in [-0.39, 0.29) is 29.5 Å². The van der Waals surface area contributed by atoms with E-state index in [4.69, 9.17) is 4.74 Å². The molecule has 8 nitrogen and oxygen atoms in total. The monoisotopic (exact) mass is 641 g/mol. The molecule has 0 spiro atoms. The zero-order chi connectivity index (χ0) is 33.1. The first kappa shape index (κ1) is 34.2. The second kappa shape index (κ2) is 16.1. The highest BCUT2D eigenvalue weighted by Gasteiger charge is 2.35. The Morgan fingerprint density at radius 1 is 0.826 bits per heavy atom. The highest BCUT2D eigenvalue weighted by Crippen LogP contribution is 2.34. The number of sulfonamides is 1. The molecule has 4 aromatic carbocycles. The number of amides is 2. The fourth-order valence-electron chi connectivity index (χ4n) is 5.18. The lowest BCUT2D eigenvalue weighted by Gasteiger charge is -2.34. The van der Waals surface area contributed by atoms with E-state index in [1.54, 1.807) is 30.3 Å². The van der Waals surface area contributed by atoms with Crippen molar-refractivity contribution in [2.75, 3.05) is 24.5 Å². The Bertz CT molecular complexity index is 1690. The third-order valence-corrected chi connectivity index (χ3v) is 9.56. The molecule has 46 heavy (non-hydrogen) atoms. The van der Waals surface area contributed by atoms with Crippen LogP contribution in [0, 0.1) is 13.8 Å². The van der Waals surface area contributed by atoms with E-state index in [9.17, 15) is 18.0 Å². The number of benzene rings is 4. The van der Waals surface area contributed by atoms with Crippen LogP contribution in [0.2, 0.25) is 0 Å². The van der Waals surface area contributed by atoms with Crippen LogP contribution in [0.1, 0.15) is 42.0 Å². The van der Waals surface area contributed by atoms with Gasteiger partial charge in [-0.05, 0) is 61.2 Å². The highest BCUT2D eigenvalue weighted by molar-refractivity contribution is 7.92. The minimum absolute atomic E-state index is 0.0367. The molecule has 0 heterocycles. The van der Waals surface area contributed by atoms with Gasteiger partial charge in [0.15, 0.2) is 0 Å². The zero-order valence-corrected chi connectivity index (χ0v) is 27.8. The van der Waals surface area contributed by atoms with Gasteiger partial charge in [0.1, 0.15) is 18.3 Å². The number of hydrogen-bond acceptors (Lipinski definition) is 5. The summed E-state index contributed by atoms with van der Waals surface area (Å²) in [5.41, 5.74) is 3.80. The van der Waals surface area contributed by atoms with Crippen molar-refractivity contribution in [1.29, 1.82) is 0 Å². The molecule has 0 bridgehead atoms. The van der Waals surface area contributed by atoms with Crippen LogP contribution in [0.25, 0.3) is 0 Å². The summed E-state index contributed by atoms with van der Waals surface area (Å²) in [6, 6.07) is 29.6. The maximum atomic E-state index is 14.6. The van der Waals surface area contributed by atoms with E-state index in [0.717, 1.165) is 39.4 Å². The summed E-state index contributed by atoms with van der Waals surface area (Å²) in [5, 5.41) is 3.02. The second-order valence-corrected chi connectivity index (χ2v) is 13.2. The molecule has 0 aromatic heterocycles. The lowest BCUT2D eigenvalue weighted by atomic mass is 10.0. The summed E-state index contributed by atoms with van der Waals surface area (Å²) in [5.74, 6) is -0.500. The highest BCUT2D eigenvalue weighted by atomic mass is 32.2. The van der Waals surface area contributed by atoms with Crippen LogP contribution in [-0.2, 0) is 32.6 Å². The largest absolute Gasteiger partial charge is 0.495 e. The number of hydrogen-bond donors (Lipinski definition) is 1. The summed E-state index contributed by atoms with van der Waals surface area (Å²) in [6.07, 6.45) is 1.96. The zero-order valence-electron chi connectivity index (χ0n) is 27.0. The van der Waals surface area contributed by atoms with Gasteiger partial charge in [0.05, 0.1) is 17.7 Å². The van der Waals surface area contributed by atoms with Gasteiger partial charge in [0.25, 0.3) is 10.0 Å². The molecular formula is C37H43N3O5S. The number of nitrogens with one attached hydrogen (secondary N) is 1. The molecule has 0 aliphatic rings. The summed E-state index contributed by atoms with van der Waals surface area (Å²) >= 11 is 0. The molecule has 0 aliphatic heterocycles. The molecule has 4 rings (SSSR count). The molecule has 1 unspecified atom stereocenters. The number of carbonyl (C=O) groups excluding carboxylic acids is 2. The number of rotatable bonds is 15. The summed E-state index contributed by atoms with van der Waals surface area (Å²) in [6.45, 7) is 5.91. The van der Waals surface area contributed by atoms with E-state index >= 15 is 0 Å². The van der Waals surface area contributed by atoms with Crippen LogP contribution in [0.3, 0.4) is 0 Å². The summed E-state index contributed by atoms with van der Waals surface area (Å²) in [7, 11) is -2.77. The number of carbonyl (C=O) groups is 2. The van der Waals surface area contributed by atoms with Gasteiger partial charge in [-0.3, -0.25) is 13.9 Å². The van der Waals surface area contributed by atoms with Gasteiger partial charge in [0.2, 0.25) is 11.8 Å². The molecule has 0 saturated carbocycles. The Morgan fingerprint density at radius 3 is 2.09 bits per heavy atom. The molecule has 9 heteroatoms. The van der Waals surface area contributed by atoms with Gasteiger partial charge in [-0.1, -0.05) is 97.8 Å². The quantitative estimate of drug-likeness (QED) is 0.159. The van der Waals surface area contributed by atoms with Crippen LogP contribution in [-0.4, -0.2) is 51.4 Å². The van der Waals surface area contributed by atoms with Crippen molar-refractivity contribution in [3.8, 4) is 5.75 Å². The van der Waals surface area contributed by atoms with Crippen LogP contribution in [0.15, 0.2) is 108 Å².